The topological polar surface area (TPSA) is 81.4 Å². The Morgan fingerprint density at radius 1 is 1.15 bits per heavy atom. The molecule has 6 nitrogen and oxygen atoms in total. The van der Waals surface area contributed by atoms with E-state index in [1.54, 1.807) is 42.6 Å². The SMILES string of the molecule is O=C(COC(=O)c1cccnc1Sc1ccc(Cl)cc1)NCc1ccco1. The van der Waals surface area contributed by atoms with E-state index in [0.29, 0.717) is 15.8 Å². The molecule has 2 heterocycles. The number of carbonyl (C=O) groups is 2. The normalized spacial score (nSPS) is 10.4. The molecule has 0 aliphatic carbocycles. The Bertz CT molecular complexity index is 914. The number of pyridine rings is 1. The van der Waals surface area contributed by atoms with Crippen molar-refractivity contribution in [3.05, 3.63) is 77.3 Å². The van der Waals surface area contributed by atoms with E-state index in [1.165, 1.54) is 18.0 Å². The summed E-state index contributed by atoms with van der Waals surface area (Å²) in [6.45, 7) is -0.159. The Kier molecular flexibility index (Phi) is 6.51. The van der Waals surface area contributed by atoms with Crippen LogP contribution >= 0.6 is 23.4 Å². The molecule has 0 radical (unpaired) electrons. The van der Waals surface area contributed by atoms with Crippen LogP contribution in [0.25, 0.3) is 0 Å². The van der Waals surface area contributed by atoms with Crippen molar-refractivity contribution in [2.75, 3.05) is 6.61 Å². The molecule has 3 rings (SSSR count). The van der Waals surface area contributed by atoms with Gasteiger partial charge in [-0.25, -0.2) is 9.78 Å². The third-order valence-corrected chi connectivity index (χ3v) is 4.67. The maximum absolute atomic E-state index is 12.4. The van der Waals surface area contributed by atoms with Crippen LogP contribution in [0.5, 0.6) is 0 Å². The predicted molar refractivity (Wildman–Crippen MR) is 101 cm³/mol. The van der Waals surface area contributed by atoms with Crippen molar-refractivity contribution >= 4 is 35.2 Å². The Morgan fingerprint density at radius 3 is 2.70 bits per heavy atom. The molecule has 0 aliphatic heterocycles. The molecule has 3 aromatic rings. The van der Waals surface area contributed by atoms with E-state index >= 15 is 0 Å². The average molecular weight is 403 g/mol. The van der Waals surface area contributed by atoms with E-state index in [9.17, 15) is 9.59 Å². The highest BCUT2D eigenvalue weighted by Gasteiger charge is 2.16. The number of amides is 1. The molecule has 1 N–H and O–H groups in total. The molecule has 0 aliphatic rings. The third-order valence-electron chi connectivity index (χ3n) is 3.39. The molecule has 1 amide bonds. The zero-order chi connectivity index (χ0) is 19.1. The fraction of sp³-hybridized carbons (Fsp3) is 0.105. The number of nitrogens with one attached hydrogen (secondary N) is 1. The zero-order valence-corrected chi connectivity index (χ0v) is 15.6. The van der Waals surface area contributed by atoms with Gasteiger partial charge in [0.25, 0.3) is 5.91 Å². The first-order valence-electron chi connectivity index (χ1n) is 7.96. The van der Waals surface area contributed by atoms with E-state index in [-0.39, 0.29) is 18.7 Å². The lowest BCUT2D eigenvalue weighted by Gasteiger charge is -2.09. The van der Waals surface area contributed by atoms with Gasteiger partial charge in [0.2, 0.25) is 0 Å². The van der Waals surface area contributed by atoms with Gasteiger partial charge in [0, 0.05) is 16.1 Å². The quantitative estimate of drug-likeness (QED) is 0.602. The fourth-order valence-corrected chi connectivity index (χ4v) is 3.10. The zero-order valence-electron chi connectivity index (χ0n) is 14.1. The number of benzene rings is 1. The van der Waals surface area contributed by atoms with Crippen LogP contribution in [0.4, 0.5) is 0 Å². The Morgan fingerprint density at radius 2 is 1.96 bits per heavy atom. The highest BCUT2D eigenvalue weighted by Crippen LogP contribution is 2.29. The number of halogens is 1. The molecule has 8 heteroatoms. The molecular formula is C19H15ClN2O4S. The highest BCUT2D eigenvalue weighted by molar-refractivity contribution is 7.99. The van der Waals surface area contributed by atoms with Gasteiger partial charge in [-0.2, -0.15) is 0 Å². The Labute approximate surface area is 164 Å². The molecule has 0 unspecified atom stereocenters. The molecule has 0 saturated heterocycles. The number of hydrogen-bond donors (Lipinski definition) is 1. The molecule has 0 saturated carbocycles. The molecular weight excluding hydrogens is 388 g/mol. The average Bonchev–Trinajstić information content (AvgIpc) is 3.20. The number of esters is 1. The largest absolute Gasteiger partial charge is 0.467 e. The van der Waals surface area contributed by atoms with Crippen molar-refractivity contribution in [3.63, 3.8) is 0 Å². The van der Waals surface area contributed by atoms with Crippen LogP contribution in [-0.2, 0) is 16.1 Å². The maximum Gasteiger partial charge on any atom is 0.341 e. The van der Waals surface area contributed by atoms with Crippen molar-refractivity contribution in [3.8, 4) is 0 Å². The molecule has 27 heavy (non-hydrogen) atoms. The molecule has 138 valence electrons. The molecule has 0 bridgehead atoms. The number of nitrogens with zero attached hydrogens (tertiary/aromatic N) is 1. The number of hydrogen-bond acceptors (Lipinski definition) is 6. The number of aromatic nitrogens is 1. The summed E-state index contributed by atoms with van der Waals surface area (Å²) >= 11 is 7.19. The molecule has 1 aromatic carbocycles. The van der Waals surface area contributed by atoms with E-state index in [1.807, 2.05) is 12.1 Å². The Balaban J connectivity index is 1.57. The Hall–Kier alpha value is -2.77. The summed E-state index contributed by atoms with van der Waals surface area (Å²) in [5.41, 5.74) is 0.288. The summed E-state index contributed by atoms with van der Waals surface area (Å²) in [7, 11) is 0. The van der Waals surface area contributed by atoms with Crippen molar-refractivity contribution in [1.82, 2.24) is 10.3 Å². The second kappa shape index (κ2) is 9.25. The van der Waals surface area contributed by atoms with E-state index in [2.05, 4.69) is 10.3 Å². The van der Waals surface area contributed by atoms with E-state index in [0.717, 1.165) is 4.90 Å². The van der Waals surface area contributed by atoms with Crippen LogP contribution in [-0.4, -0.2) is 23.5 Å². The lowest BCUT2D eigenvalue weighted by atomic mass is 10.3. The first kappa shape index (κ1) is 19.0. The van der Waals surface area contributed by atoms with E-state index in [4.69, 9.17) is 20.8 Å². The smallest absolute Gasteiger partial charge is 0.341 e. The minimum absolute atomic E-state index is 0.230. The molecule has 2 aromatic heterocycles. The first-order chi connectivity index (χ1) is 13.1. The van der Waals surface area contributed by atoms with Gasteiger partial charge in [0.05, 0.1) is 18.4 Å². The third kappa shape index (κ3) is 5.60. The predicted octanol–water partition coefficient (Wildman–Crippen LogP) is 3.95. The van der Waals surface area contributed by atoms with Gasteiger partial charge in [-0.3, -0.25) is 4.79 Å². The molecule has 0 spiro atoms. The fourth-order valence-electron chi connectivity index (χ4n) is 2.10. The summed E-state index contributed by atoms with van der Waals surface area (Å²) in [5, 5.41) is 3.72. The van der Waals surface area contributed by atoms with Gasteiger partial charge in [0.15, 0.2) is 6.61 Å². The van der Waals surface area contributed by atoms with Crippen LogP contribution < -0.4 is 5.32 Å². The second-order valence-electron chi connectivity index (χ2n) is 5.34. The van der Waals surface area contributed by atoms with Crippen LogP contribution in [0.3, 0.4) is 0 Å². The number of rotatable bonds is 7. The van der Waals surface area contributed by atoms with Gasteiger partial charge < -0.3 is 14.5 Å². The first-order valence-corrected chi connectivity index (χ1v) is 9.16. The number of carbonyl (C=O) groups excluding carboxylic acids is 2. The van der Waals surface area contributed by atoms with Crippen LogP contribution in [0.15, 0.2) is 75.3 Å². The van der Waals surface area contributed by atoms with Crippen molar-refractivity contribution in [1.29, 1.82) is 0 Å². The maximum atomic E-state index is 12.4. The van der Waals surface area contributed by atoms with Gasteiger partial charge in [0.1, 0.15) is 10.8 Å². The summed E-state index contributed by atoms with van der Waals surface area (Å²) in [6, 6.07) is 13.9. The summed E-state index contributed by atoms with van der Waals surface area (Å²) in [5.74, 6) is -0.424. The van der Waals surface area contributed by atoms with Gasteiger partial charge >= 0.3 is 5.97 Å². The van der Waals surface area contributed by atoms with Gasteiger partial charge in [-0.1, -0.05) is 23.4 Å². The summed E-state index contributed by atoms with van der Waals surface area (Å²) in [6.07, 6.45) is 3.11. The monoisotopic (exact) mass is 402 g/mol. The van der Waals surface area contributed by atoms with Crippen molar-refractivity contribution in [2.24, 2.45) is 0 Å². The standard InChI is InChI=1S/C19H15ClN2O4S/c20-13-5-7-15(8-6-13)27-18-16(4-1-9-21-18)19(24)26-12-17(23)22-11-14-3-2-10-25-14/h1-10H,11-12H2,(H,22,23). The lowest BCUT2D eigenvalue weighted by Crippen LogP contribution is -2.28. The molecule has 0 atom stereocenters. The second-order valence-corrected chi connectivity index (χ2v) is 6.84. The highest BCUT2D eigenvalue weighted by atomic mass is 35.5. The van der Waals surface area contributed by atoms with Gasteiger partial charge in [-0.05, 0) is 48.5 Å². The van der Waals surface area contributed by atoms with Crippen molar-refractivity contribution < 1.29 is 18.7 Å². The van der Waals surface area contributed by atoms with Crippen molar-refractivity contribution in [2.45, 2.75) is 16.5 Å². The lowest BCUT2D eigenvalue weighted by molar-refractivity contribution is -0.124. The number of furan rings is 1. The number of ether oxygens (including phenoxy) is 1. The summed E-state index contributed by atoms with van der Waals surface area (Å²) in [4.78, 5) is 29.3. The molecule has 0 fully saturated rings. The summed E-state index contributed by atoms with van der Waals surface area (Å²) < 4.78 is 10.2. The van der Waals surface area contributed by atoms with E-state index < -0.39 is 11.9 Å². The minimum Gasteiger partial charge on any atom is -0.467 e. The van der Waals surface area contributed by atoms with Crippen LogP contribution in [0.2, 0.25) is 5.02 Å². The van der Waals surface area contributed by atoms with Crippen LogP contribution in [0, 0.1) is 0 Å². The van der Waals surface area contributed by atoms with Gasteiger partial charge in [-0.15, -0.1) is 0 Å². The van der Waals surface area contributed by atoms with Crippen LogP contribution in [0.1, 0.15) is 16.1 Å². The minimum atomic E-state index is -0.618.